The summed E-state index contributed by atoms with van der Waals surface area (Å²) in [6, 6.07) is 9.07. The van der Waals surface area contributed by atoms with Gasteiger partial charge in [0, 0.05) is 36.1 Å². The van der Waals surface area contributed by atoms with Crippen molar-refractivity contribution < 1.29 is 18.8 Å². The third-order valence-electron chi connectivity index (χ3n) is 7.02. The highest BCUT2D eigenvalue weighted by Gasteiger charge is 2.51. The van der Waals surface area contributed by atoms with Crippen LogP contribution in [-0.4, -0.2) is 44.4 Å². The monoisotopic (exact) mass is 497 g/mol. The molecule has 1 saturated carbocycles. The quantitative estimate of drug-likeness (QED) is 0.401. The number of rotatable bonds is 6. The van der Waals surface area contributed by atoms with E-state index in [1.54, 1.807) is 35.2 Å². The molecule has 0 radical (unpaired) electrons. The molecule has 8 nitrogen and oxygen atoms in total. The lowest BCUT2D eigenvalue weighted by atomic mass is 9.97. The average molecular weight is 498 g/mol. The van der Waals surface area contributed by atoms with Crippen molar-refractivity contribution in [1.29, 1.82) is 0 Å². The predicted octanol–water partition coefficient (Wildman–Crippen LogP) is 3.31. The average Bonchev–Trinajstić information content (AvgIpc) is 3.53. The van der Waals surface area contributed by atoms with Crippen LogP contribution < -0.4 is 11.1 Å². The van der Waals surface area contributed by atoms with Crippen LogP contribution in [0.25, 0.3) is 10.9 Å². The normalized spacial score (nSPS) is 21.0. The van der Waals surface area contributed by atoms with E-state index < -0.39 is 11.9 Å². The number of anilines is 1. The van der Waals surface area contributed by atoms with Crippen LogP contribution in [0, 0.1) is 11.7 Å². The molecule has 3 aromatic rings. The molecule has 2 aromatic carbocycles. The van der Waals surface area contributed by atoms with Crippen LogP contribution in [0.5, 0.6) is 0 Å². The van der Waals surface area contributed by atoms with Crippen molar-refractivity contribution in [3.8, 4) is 0 Å². The second kappa shape index (κ2) is 8.96. The number of hydrogen-bond donors (Lipinski definition) is 2. The second-order valence-corrected chi connectivity index (χ2v) is 9.65. The third kappa shape index (κ3) is 4.14. The van der Waals surface area contributed by atoms with Crippen molar-refractivity contribution in [2.45, 2.75) is 51.4 Å². The maximum absolute atomic E-state index is 14.2. The molecule has 2 aliphatic rings. The van der Waals surface area contributed by atoms with E-state index in [0.717, 1.165) is 19.3 Å². The fraction of sp³-hybridized carbons (Fsp3) is 0.360. The number of halogens is 2. The highest BCUT2D eigenvalue weighted by atomic mass is 35.5. The summed E-state index contributed by atoms with van der Waals surface area (Å²) < 4.78 is 15.7. The molecule has 0 spiro atoms. The molecular formula is C25H25ClFN5O3. The molecule has 2 bridgehead atoms. The Kier molecular flexibility index (Phi) is 5.96. The van der Waals surface area contributed by atoms with Gasteiger partial charge in [0.25, 0.3) is 0 Å². The summed E-state index contributed by atoms with van der Waals surface area (Å²) in [5, 5.41) is 7.74. The van der Waals surface area contributed by atoms with Gasteiger partial charge in [0.2, 0.25) is 11.8 Å². The van der Waals surface area contributed by atoms with E-state index in [1.165, 1.54) is 17.7 Å². The summed E-state index contributed by atoms with van der Waals surface area (Å²) in [4.78, 5) is 40.4. The molecular weight excluding hydrogens is 473 g/mol. The number of amides is 2. The number of nitrogen functional groups attached to an aromatic ring is 1. The van der Waals surface area contributed by atoms with E-state index >= 15 is 0 Å². The topological polar surface area (TPSA) is 110 Å². The minimum Gasteiger partial charge on any atom is -0.399 e. The number of nitrogens with zero attached hydrogens (tertiary/aromatic N) is 3. The van der Waals surface area contributed by atoms with Gasteiger partial charge in [-0.05, 0) is 49.4 Å². The van der Waals surface area contributed by atoms with Crippen molar-refractivity contribution in [2.24, 2.45) is 5.92 Å². The fourth-order valence-corrected chi connectivity index (χ4v) is 5.64. The molecule has 2 heterocycles. The van der Waals surface area contributed by atoms with Crippen molar-refractivity contribution in [1.82, 2.24) is 20.0 Å². The van der Waals surface area contributed by atoms with Crippen LogP contribution in [-0.2, 0) is 22.7 Å². The number of nitrogens with two attached hydrogens (primary N) is 1. The first-order valence-electron chi connectivity index (χ1n) is 11.5. The number of carbonyl (C=O) groups is 3. The Morgan fingerprint density at radius 1 is 1.23 bits per heavy atom. The van der Waals surface area contributed by atoms with Crippen LogP contribution >= 0.6 is 11.6 Å². The van der Waals surface area contributed by atoms with Crippen LogP contribution in [0.1, 0.15) is 42.2 Å². The second-order valence-electron chi connectivity index (χ2n) is 9.24. The maximum atomic E-state index is 14.2. The zero-order valence-electron chi connectivity index (χ0n) is 19.1. The first kappa shape index (κ1) is 23.3. The molecule has 2 fully saturated rings. The Morgan fingerprint density at radius 2 is 2.03 bits per heavy atom. The number of carbonyl (C=O) groups excluding carboxylic acids is 3. The Hall–Kier alpha value is -3.46. The highest BCUT2D eigenvalue weighted by Crippen LogP contribution is 2.42. The smallest absolute Gasteiger partial charge is 0.245 e. The van der Waals surface area contributed by atoms with Gasteiger partial charge < -0.3 is 16.0 Å². The number of nitrogens with one attached hydrogen (secondary N) is 1. The lowest BCUT2D eigenvalue weighted by Crippen LogP contribution is -2.53. The Bertz CT molecular complexity index is 1360. The molecule has 1 aliphatic carbocycles. The Labute approximate surface area is 206 Å². The molecule has 35 heavy (non-hydrogen) atoms. The van der Waals surface area contributed by atoms with Crippen LogP contribution in [0.15, 0.2) is 36.4 Å². The van der Waals surface area contributed by atoms with Crippen molar-refractivity contribution >= 4 is 45.8 Å². The predicted molar refractivity (Wildman–Crippen MR) is 129 cm³/mol. The fourth-order valence-electron chi connectivity index (χ4n) is 5.44. The van der Waals surface area contributed by atoms with E-state index in [2.05, 4.69) is 10.4 Å². The molecule has 5 rings (SSSR count). The van der Waals surface area contributed by atoms with Crippen molar-refractivity contribution in [3.63, 3.8) is 0 Å². The number of hydrogen-bond acceptors (Lipinski definition) is 5. The lowest BCUT2D eigenvalue weighted by Gasteiger charge is -2.34. The molecule has 1 saturated heterocycles. The Morgan fingerprint density at radius 3 is 2.80 bits per heavy atom. The minimum absolute atomic E-state index is 0.00777. The Balaban J connectivity index is 1.37. The van der Waals surface area contributed by atoms with Gasteiger partial charge in [0.15, 0.2) is 5.78 Å². The number of aromatic nitrogens is 2. The number of piperidine rings is 1. The molecule has 1 aromatic heterocycles. The molecule has 3 N–H and O–H groups in total. The molecule has 10 heteroatoms. The van der Waals surface area contributed by atoms with Crippen LogP contribution in [0.4, 0.5) is 10.1 Å². The first-order valence-corrected chi connectivity index (χ1v) is 11.9. The zero-order chi connectivity index (χ0) is 24.9. The van der Waals surface area contributed by atoms with Gasteiger partial charge in [-0.2, -0.15) is 5.10 Å². The molecule has 182 valence electrons. The number of fused-ring (bicyclic) bond motifs is 3. The van der Waals surface area contributed by atoms with E-state index in [9.17, 15) is 18.8 Å². The number of benzene rings is 2. The summed E-state index contributed by atoms with van der Waals surface area (Å²) in [6.45, 7) is 1.29. The SMILES string of the molecule is CC(=O)c1nn(CC(=O)N2[C@@H]3CC[C@@H](C3)[C@H]2C(=O)NCc2cccc(Cl)c2F)c2ccc(N)cc12. The lowest BCUT2D eigenvalue weighted by molar-refractivity contribution is -0.143. The zero-order valence-corrected chi connectivity index (χ0v) is 19.9. The van der Waals surface area contributed by atoms with E-state index in [4.69, 9.17) is 17.3 Å². The third-order valence-corrected chi connectivity index (χ3v) is 7.31. The highest BCUT2D eigenvalue weighted by molar-refractivity contribution is 6.30. The van der Waals surface area contributed by atoms with Gasteiger partial charge in [-0.3, -0.25) is 19.1 Å². The molecule has 2 amide bonds. The van der Waals surface area contributed by atoms with E-state index in [0.29, 0.717) is 16.6 Å². The largest absolute Gasteiger partial charge is 0.399 e. The van der Waals surface area contributed by atoms with Gasteiger partial charge in [-0.15, -0.1) is 0 Å². The summed E-state index contributed by atoms with van der Waals surface area (Å²) in [7, 11) is 0. The summed E-state index contributed by atoms with van der Waals surface area (Å²) in [5.41, 5.74) is 7.54. The number of Topliss-reactive ketones (excluding diaryl/α,β-unsaturated/α-hetero) is 1. The van der Waals surface area contributed by atoms with Crippen molar-refractivity contribution in [3.05, 3.63) is 58.5 Å². The summed E-state index contributed by atoms with van der Waals surface area (Å²) in [5.74, 6) is -1.30. The first-order chi connectivity index (χ1) is 16.7. The molecule has 0 unspecified atom stereocenters. The van der Waals surface area contributed by atoms with Crippen molar-refractivity contribution in [2.75, 3.05) is 5.73 Å². The van der Waals surface area contributed by atoms with E-state index in [-0.39, 0.29) is 58.9 Å². The van der Waals surface area contributed by atoms with Gasteiger partial charge in [-0.25, -0.2) is 4.39 Å². The minimum atomic E-state index is -0.631. The van der Waals surface area contributed by atoms with Crippen LogP contribution in [0.3, 0.4) is 0 Å². The molecule has 3 atom stereocenters. The summed E-state index contributed by atoms with van der Waals surface area (Å²) in [6.07, 6.45) is 2.44. The number of ketones is 1. The molecule has 1 aliphatic heterocycles. The van der Waals surface area contributed by atoms with Gasteiger partial charge in [0.05, 0.1) is 10.5 Å². The maximum Gasteiger partial charge on any atom is 0.245 e. The summed E-state index contributed by atoms with van der Waals surface area (Å²) >= 11 is 5.84. The van der Waals surface area contributed by atoms with Gasteiger partial charge in [0.1, 0.15) is 24.1 Å². The van der Waals surface area contributed by atoms with Crippen LogP contribution in [0.2, 0.25) is 5.02 Å². The standard InChI is InChI=1S/C25H25ClFN5O3/c1-13(33)23-18-10-16(28)6-8-20(18)31(30-23)12-21(34)32-17-7-5-14(9-17)24(32)25(35)29-11-15-3-2-4-19(26)22(15)27/h2-4,6,8,10,14,17,24H,5,7,9,11-12,28H2,1H3,(H,29,35)/t14-,17+,24-/m0/s1. The van der Waals surface area contributed by atoms with E-state index in [1.807, 2.05) is 0 Å². The van der Waals surface area contributed by atoms with Gasteiger partial charge in [-0.1, -0.05) is 23.7 Å². The van der Waals surface area contributed by atoms with Gasteiger partial charge >= 0.3 is 0 Å². The number of likely N-dealkylation sites (tertiary alicyclic amines) is 1.